The molecular formula is C10H9F3N4O. The van der Waals surface area contributed by atoms with Crippen LogP contribution in [0.3, 0.4) is 0 Å². The Bertz CT molecular complexity index is 533. The van der Waals surface area contributed by atoms with Crippen LogP contribution in [0, 0.1) is 0 Å². The first kappa shape index (κ1) is 12.5. The molecule has 0 aliphatic heterocycles. The molecule has 0 saturated heterocycles. The molecule has 2 aromatic rings. The van der Waals surface area contributed by atoms with Gasteiger partial charge < -0.3 is 10.3 Å². The highest BCUT2D eigenvalue weighted by Gasteiger charge is 2.30. The molecule has 1 atom stereocenters. The molecule has 0 amide bonds. The second kappa shape index (κ2) is 4.37. The summed E-state index contributed by atoms with van der Waals surface area (Å²) in [6, 6.07) is 1.65. The largest absolute Gasteiger partial charge is 0.417 e. The van der Waals surface area contributed by atoms with Gasteiger partial charge in [0, 0.05) is 6.20 Å². The summed E-state index contributed by atoms with van der Waals surface area (Å²) in [5.74, 6) is 0.308. The Kier molecular flexibility index (Phi) is 3.04. The molecule has 8 heteroatoms. The molecule has 2 N–H and O–H groups in total. The third kappa shape index (κ3) is 2.48. The summed E-state index contributed by atoms with van der Waals surface area (Å²) >= 11 is 0. The Morgan fingerprint density at radius 2 is 2.06 bits per heavy atom. The van der Waals surface area contributed by atoms with E-state index in [1.54, 1.807) is 6.92 Å². The lowest BCUT2D eigenvalue weighted by Gasteiger charge is -2.05. The third-order valence-corrected chi connectivity index (χ3v) is 2.16. The molecule has 0 bridgehead atoms. The second-order valence-electron chi connectivity index (χ2n) is 3.68. The van der Waals surface area contributed by atoms with Crippen LogP contribution >= 0.6 is 0 Å². The average molecular weight is 258 g/mol. The van der Waals surface area contributed by atoms with Crippen molar-refractivity contribution in [2.75, 3.05) is 0 Å². The number of alkyl halides is 3. The van der Waals surface area contributed by atoms with E-state index in [-0.39, 0.29) is 17.4 Å². The first-order valence-corrected chi connectivity index (χ1v) is 5.00. The van der Waals surface area contributed by atoms with Crippen LogP contribution in [-0.4, -0.2) is 15.1 Å². The number of nitrogens with two attached hydrogens (primary N) is 1. The summed E-state index contributed by atoms with van der Waals surface area (Å²) < 4.78 is 41.8. The van der Waals surface area contributed by atoms with Gasteiger partial charge >= 0.3 is 6.18 Å². The maximum atomic E-state index is 12.3. The van der Waals surface area contributed by atoms with Gasteiger partial charge in [-0.3, -0.25) is 4.98 Å². The van der Waals surface area contributed by atoms with E-state index in [4.69, 9.17) is 10.3 Å². The molecule has 18 heavy (non-hydrogen) atoms. The molecule has 2 aromatic heterocycles. The standard InChI is InChI=1S/C10H9F3N4O/c1-5(14)8-16-9(18-17-8)7-3-2-6(4-15-7)10(11,12)13/h2-5H,14H2,1H3. The van der Waals surface area contributed by atoms with Crippen LogP contribution in [0.2, 0.25) is 0 Å². The van der Waals surface area contributed by atoms with Crippen molar-refractivity contribution in [2.24, 2.45) is 5.73 Å². The van der Waals surface area contributed by atoms with E-state index in [0.717, 1.165) is 6.07 Å². The molecule has 2 rings (SSSR count). The summed E-state index contributed by atoms with van der Waals surface area (Å²) in [5, 5.41) is 3.59. The third-order valence-electron chi connectivity index (χ3n) is 2.16. The Balaban J connectivity index is 2.29. The normalized spacial score (nSPS) is 13.6. The molecule has 96 valence electrons. The fourth-order valence-electron chi connectivity index (χ4n) is 1.21. The quantitative estimate of drug-likeness (QED) is 0.893. The Morgan fingerprint density at radius 3 is 2.50 bits per heavy atom. The highest BCUT2D eigenvalue weighted by Crippen LogP contribution is 2.29. The van der Waals surface area contributed by atoms with Gasteiger partial charge in [0.1, 0.15) is 5.69 Å². The van der Waals surface area contributed by atoms with Gasteiger partial charge in [-0.1, -0.05) is 5.16 Å². The molecule has 0 radical (unpaired) electrons. The molecule has 0 aliphatic rings. The molecular weight excluding hydrogens is 249 g/mol. The van der Waals surface area contributed by atoms with Gasteiger partial charge in [0.25, 0.3) is 5.89 Å². The minimum absolute atomic E-state index is 0.0380. The molecule has 0 fully saturated rings. The number of halogens is 3. The van der Waals surface area contributed by atoms with Gasteiger partial charge in [-0.05, 0) is 19.1 Å². The Labute approximate surface area is 99.8 Å². The number of pyridine rings is 1. The lowest BCUT2D eigenvalue weighted by molar-refractivity contribution is -0.137. The topological polar surface area (TPSA) is 77.8 Å². The summed E-state index contributed by atoms with van der Waals surface area (Å²) in [6.07, 6.45) is -3.71. The van der Waals surface area contributed by atoms with Gasteiger partial charge in [-0.15, -0.1) is 0 Å². The van der Waals surface area contributed by atoms with Crippen LogP contribution in [0.5, 0.6) is 0 Å². The number of aromatic nitrogens is 3. The number of rotatable bonds is 2. The van der Waals surface area contributed by atoms with Crippen LogP contribution in [-0.2, 0) is 6.18 Å². The fourth-order valence-corrected chi connectivity index (χ4v) is 1.21. The number of nitrogens with zero attached hydrogens (tertiary/aromatic N) is 3. The molecule has 0 aromatic carbocycles. The van der Waals surface area contributed by atoms with Crippen LogP contribution < -0.4 is 5.73 Å². The number of hydrogen-bond acceptors (Lipinski definition) is 5. The highest BCUT2D eigenvalue weighted by atomic mass is 19.4. The zero-order valence-corrected chi connectivity index (χ0v) is 9.27. The SMILES string of the molecule is CC(N)c1noc(-c2ccc(C(F)(F)F)cn2)n1. The van der Waals surface area contributed by atoms with Crippen LogP contribution in [0.1, 0.15) is 24.4 Å². The molecule has 0 aliphatic carbocycles. The van der Waals surface area contributed by atoms with E-state index in [9.17, 15) is 13.2 Å². The zero-order valence-electron chi connectivity index (χ0n) is 9.27. The van der Waals surface area contributed by atoms with E-state index in [0.29, 0.717) is 6.20 Å². The monoisotopic (exact) mass is 258 g/mol. The van der Waals surface area contributed by atoms with E-state index < -0.39 is 17.8 Å². The lowest BCUT2D eigenvalue weighted by Crippen LogP contribution is -2.06. The van der Waals surface area contributed by atoms with Gasteiger partial charge in [0.05, 0.1) is 11.6 Å². The van der Waals surface area contributed by atoms with Gasteiger partial charge in [-0.2, -0.15) is 18.2 Å². The summed E-state index contributed by atoms with van der Waals surface area (Å²) in [6.45, 7) is 1.66. The van der Waals surface area contributed by atoms with Gasteiger partial charge in [-0.25, -0.2) is 0 Å². The van der Waals surface area contributed by atoms with Crippen molar-refractivity contribution in [2.45, 2.75) is 19.1 Å². The summed E-state index contributed by atoms with van der Waals surface area (Å²) in [5.41, 5.74) is 4.87. The van der Waals surface area contributed by atoms with Crippen molar-refractivity contribution in [3.8, 4) is 11.6 Å². The zero-order chi connectivity index (χ0) is 13.3. The fraction of sp³-hybridized carbons (Fsp3) is 0.300. The molecule has 0 spiro atoms. The average Bonchev–Trinajstić information content (AvgIpc) is 2.77. The first-order chi connectivity index (χ1) is 8.38. The minimum atomic E-state index is -4.42. The highest BCUT2D eigenvalue weighted by molar-refractivity contribution is 5.46. The Hall–Kier alpha value is -1.96. The minimum Gasteiger partial charge on any atom is -0.332 e. The van der Waals surface area contributed by atoms with Crippen LogP contribution in [0.15, 0.2) is 22.9 Å². The Morgan fingerprint density at radius 1 is 1.33 bits per heavy atom. The lowest BCUT2D eigenvalue weighted by atomic mass is 10.2. The summed E-state index contributed by atoms with van der Waals surface area (Å²) in [4.78, 5) is 7.56. The molecule has 5 nitrogen and oxygen atoms in total. The smallest absolute Gasteiger partial charge is 0.332 e. The molecule has 0 saturated carbocycles. The van der Waals surface area contributed by atoms with E-state index in [1.165, 1.54) is 6.07 Å². The maximum absolute atomic E-state index is 12.3. The summed E-state index contributed by atoms with van der Waals surface area (Å²) in [7, 11) is 0. The van der Waals surface area contributed by atoms with Crippen LogP contribution in [0.25, 0.3) is 11.6 Å². The van der Waals surface area contributed by atoms with Crippen molar-refractivity contribution in [3.05, 3.63) is 29.7 Å². The first-order valence-electron chi connectivity index (χ1n) is 5.00. The maximum Gasteiger partial charge on any atom is 0.417 e. The van der Waals surface area contributed by atoms with Crippen molar-refractivity contribution in [1.29, 1.82) is 0 Å². The van der Waals surface area contributed by atoms with Crippen molar-refractivity contribution < 1.29 is 17.7 Å². The predicted molar refractivity (Wildman–Crippen MR) is 55.1 cm³/mol. The van der Waals surface area contributed by atoms with Crippen LogP contribution in [0.4, 0.5) is 13.2 Å². The number of hydrogen-bond donors (Lipinski definition) is 1. The van der Waals surface area contributed by atoms with Crippen molar-refractivity contribution in [3.63, 3.8) is 0 Å². The van der Waals surface area contributed by atoms with Gasteiger partial charge in [0.2, 0.25) is 0 Å². The second-order valence-corrected chi connectivity index (χ2v) is 3.68. The van der Waals surface area contributed by atoms with Crippen molar-refractivity contribution in [1.82, 2.24) is 15.1 Å². The molecule has 2 heterocycles. The van der Waals surface area contributed by atoms with Gasteiger partial charge in [0.15, 0.2) is 5.82 Å². The van der Waals surface area contributed by atoms with E-state index in [2.05, 4.69) is 15.1 Å². The van der Waals surface area contributed by atoms with E-state index >= 15 is 0 Å². The van der Waals surface area contributed by atoms with Crippen molar-refractivity contribution >= 4 is 0 Å². The predicted octanol–water partition coefficient (Wildman–Crippen LogP) is 2.17. The van der Waals surface area contributed by atoms with E-state index in [1.807, 2.05) is 0 Å². The molecule has 1 unspecified atom stereocenters.